The summed E-state index contributed by atoms with van der Waals surface area (Å²) in [7, 11) is 0. The zero-order chi connectivity index (χ0) is 12.0. The molecule has 0 aromatic heterocycles. The summed E-state index contributed by atoms with van der Waals surface area (Å²) in [5.41, 5.74) is 0.768. The first-order valence-corrected chi connectivity index (χ1v) is 6.00. The summed E-state index contributed by atoms with van der Waals surface area (Å²) in [4.78, 5) is 2.35. The van der Waals surface area contributed by atoms with Crippen LogP contribution in [0.5, 0.6) is 0 Å². The smallest absolute Gasteiger partial charge is 0.0603 e. The van der Waals surface area contributed by atoms with Crippen molar-refractivity contribution in [3.63, 3.8) is 0 Å². The van der Waals surface area contributed by atoms with Crippen molar-refractivity contribution in [2.75, 3.05) is 13.1 Å². The molecule has 0 saturated heterocycles. The van der Waals surface area contributed by atoms with Crippen molar-refractivity contribution >= 4 is 0 Å². The maximum absolute atomic E-state index is 9.70. The molecule has 0 heterocycles. The Balaban J connectivity index is 2.44. The molecule has 1 aromatic rings. The highest BCUT2D eigenvalue weighted by Gasteiger charge is 2.14. The van der Waals surface area contributed by atoms with Crippen LogP contribution >= 0.6 is 0 Å². The molecular formula is C14H23NO. The van der Waals surface area contributed by atoms with E-state index in [4.69, 9.17) is 0 Å². The van der Waals surface area contributed by atoms with E-state index in [2.05, 4.69) is 36.1 Å². The van der Waals surface area contributed by atoms with Crippen LogP contribution in [0, 0.1) is 0 Å². The molecule has 1 rings (SSSR count). The van der Waals surface area contributed by atoms with E-state index in [0.29, 0.717) is 0 Å². The molecule has 0 aliphatic carbocycles. The Morgan fingerprint density at radius 2 is 1.81 bits per heavy atom. The lowest BCUT2D eigenvalue weighted by Gasteiger charge is -2.25. The van der Waals surface area contributed by atoms with Crippen LogP contribution < -0.4 is 0 Å². The van der Waals surface area contributed by atoms with Gasteiger partial charge in [-0.2, -0.15) is 0 Å². The first kappa shape index (κ1) is 13.2. The summed E-state index contributed by atoms with van der Waals surface area (Å²) in [5.74, 6) is 0. The van der Waals surface area contributed by atoms with E-state index in [-0.39, 0.29) is 0 Å². The second-order valence-corrected chi connectivity index (χ2v) is 4.92. The van der Waals surface area contributed by atoms with Gasteiger partial charge in [0.15, 0.2) is 0 Å². The monoisotopic (exact) mass is 221 g/mol. The minimum Gasteiger partial charge on any atom is -0.390 e. The van der Waals surface area contributed by atoms with Crippen LogP contribution in [-0.2, 0) is 6.54 Å². The predicted molar refractivity (Wildman–Crippen MR) is 68.3 cm³/mol. The van der Waals surface area contributed by atoms with Crippen LogP contribution in [-0.4, -0.2) is 28.7 Å². The molecule has 0 spiro atoms. The summed E-state index contributed by atoms with van der Waals surface area (Å²) in [6.07, 6.45) is 0.813. The van der Waals surface area contributed by atoms with E-state index >= 15 is 0 Å². The molecule has 0 aliphatic heterocycles. The average molecular weight is 221 g/mol. The molecule has 0 bridgehead atoms. The number of benzene rings is 1. The summed E-state index contributed by atoms with van der Waals surface area (Å²) >= 11 is 0. The normalized spacial score (nSPS) is 12.1. The van der Waals surface area contributed by atoms with Gasteiger partial charge >= 0.3 is 0 Å². The lowest BCUT2D eigenvalue weighted by molar-refractivity contribution is 0.0573. The Kier molecular flexibility index (Phi) is 4.97. The third kappa shape index (κ3) is 5.29. The van der Waals surface area contributed by atoms with Gasteiger partial charge in [0.2, 0.25) is 0 Å². The van der Waals surface area contributed by atoms with Gasteiger partial charge in [0.1, 0.15) is 0 Å². The summed E-state index contributed by atoms with van der Waals surface area (Å²) in [5, 5.41) is 9.70. The molecule has 0 amide bonds. The fraction of sp³-hybridized carbons (Fsp3) is 0.571. The molecule has 0 radical (unpaired) electrons. The highest BCUT2D eigenvalue weighted by Crippen LogP contribution is 2.10. The quantitative estimate of drug-likeness (QED) is 0.798. The largest absolute Gasteiger partial charge is 0.390 e. The Morgan fingerprint density at radius 3 is 2.31 bits per heavy atom. The molecule has 16 heavy (non-hydrogen) atoms. The molecule has 0 fully saturated rings. The maximum atomic E-state index is 9.70. The second-order valence-electron chi connectivity index (χ2n) is 4.92. The van der Waals surface area contributed by atoms with Crippen LogP contribution in [0.25, 0.3) is 0 Å². The van der Waals surface area contributed by atoms with E-state index in [1.807, 2.05) is 19.9 Å². The summed E-state index contributed by atoms with van der Waals surface area (Å²) < 4.78 is 0. The zero-order valence-corrected chi connectivity index (χ0v) is 10.6. The lowest BCUT2D eigenvalue weighted by Crippen LogP contribution is -2.30. The molecule has 90 valence electrons. The van der Waals surface area contributed by atoms with Gasteiger partial charge < -0.3 is 5.11 Å². The highest BCUT2D eigenvalue weighted by molar-refractivity contribution is 5.14. The molecule has 1 N–H and O–H groups in total. The Hall–Kier alpha value is -0.860. The summed E-state index contributed by atoms with van der Waals surface area (Å²) in [6.45, 7) is 8.81. The first-order chi connectivity index (χ1) is 7.51. The predicted octanol–water partition coefficient (Wildman–Crippen LogP) is 2.67. The Bertz CT molecular complexity index is 289. The Labute approximate surface area is 98.9 Å². The van der Waals surface area contributed by atoms with Crippen LogP contribution in [0.1, 0.15) is 32.8 Å². The van der Waals surface area contributed by atoms with Crippen molar-refractivity contribution in [3.05, 3.63) is 35.9 Å². The number of aliphatic hydroxyl groups is 1. The van der Waals surface area contributed by atoms with Gasteiger partial charge in [0.25, 0.3) is 0 Å². The number of rotatable bonds is 6. The van der Waals surface area contributed by atoms with E-state index in [9.17, 15) is 5.11 Å². The lowest BCUT2D eigenvalue weighted by atomic mass is 10.1. The number of hydrogen-bond donors (Lipinski definition) is 1. The van der Waals surface area contributed by atoms with Crippen LogP contribution in [0.2, 0.25) is 0 Å². The molecular weight excluding hydrogens is 198 g/mol. The molecule has 1 aromatic carbocycles. The van der Waals surface area contributed by atoms with E-state index in [0.717, 1.165) is 26.1 Å². The molecule has 0 aliphatic rings. The molecule has 2 heteroatoms. The topological polar surface area (TPSA) is 23.5 Å². The van der Waals surface area contributed by atoms with Crippen LogP contribution in [0.4, 0.5) is 0 Å². The van der Waals surface area contributed by atoms with Gasteiger partial charge in [-0.3, -0.25) is 4.90 Å². The van der Waals surface area contributed by atoms with Crippen molar-refractivity contribution in [1.82, 2.24) is 4.90 Å². The third-order valence-electron chi connectivity index (χ3n) is 2.74. The second kappa shape index (κ2) is 6.02. The first-order valence-electron chi connectivity index (χ1n) is 6.00. The average Bonchev–Trinajstić information content (AvgIpc) is 2.24. The van der Waals surface area contributed by atoms with Crippen molar-refractivity contribution < 1.29 is 5.11 Å². The Morgan fingerprint density at radius 1 is 1.19 bits per heavy atom. The van der Waals surface area contributed by atoms with Gasteiger partial charge in [-0.15, -0.1) is 0 Å². The minimum absolute atomic E-state index is 0.565. The van der Waals surface area contributed by atoms with Gasteiger partial charge in [0, 0.05) is 13.1 Å². The van der Waals surface area contributed by atoms with Gasteiger partial charge in [-0.05, 0) is 32.4 Å². The van der Waals surface area contributed by atoms with Crippen molar-refractivity contribution in [3.8, 4) is 0 Å². The standard InChI is InChI=1S/C14H23NO/c1-4-15(11-10-14(2,3)16)12-13-8-6-5-7-9-13/h5-9,16H,4,10-12H2,1-3H3. The summed E-state index contributed by atoms with van der Waals surface area (Å²) in [6, 6.07) is 10.5. The molecule has 2 nitrogen and oxygen atoms in total. The van der Waals surface area contributed by atoms with E-state index in [1.54, 1.807) is 0 Å². The van der Waals surface area contributed by atoms with Gasteiger partial charge in [-0.1, -0.05) is 37.3 Å². The van der Waals surface area contributed by atoms with E-state index in [1.165, 1.54) is 5.56 Å². The number of nitrogens with zero attached hydrogens (tertiary/aromatic N) is 1. The minimum atomic E-state index is -0.565. The van der Waals surface area contributed by atoms with Gasteiger partial charge in [0.05, 0.1) is 5.60 Å². The number of hydrogen-bond acceptors (Lipinski definition) is 2. The van der Waals surface area contributed by atoms with Crippen molar-refractivity contribution in [2.24, 2.45) is 0 Å². The zero-order valence-electron chi connectivity index (χ0n) is 10.6. The van der Waals surface area contributed by atoms with Crippen LogP contribution in [0.3, 0.4) is 0 Å². The van der Waals surface area contributed by atoms with Crippen molar-refractivity contribution in [2.45, 2.75) is 39.3 Å². The molecule has 0 unspecified atom stereocenters. The van der Waals surface area contributed by atoms with Crippen molar-refractivity contribution in [1.29, 1.82) is 0 Å². The van der Waals surface area contributed by atoms with Gasteiger partial charge in [-0.25, -0.2) is 0 Å². The van der Waals surface area contributed by atoms with E-state index < -0.39 is 5.60 Å². The molecule has 0 atom stereocenters. The SMILES string of the molecule is CCN(CCC(C)(C)O)Cc1ccccc1. The fourth-order valence-corrected chi connectivity index (χ4v) is 1.62. The maximum Gasteiger partial charge on any atom is 0.0603 e. The fourth-order valence-electron chi connectivity index (χ4n) is 1.62. The van der Waals surface area contributed by atoms with Crippen LogP contribution in [0.15, 0.2) is 30.3 Å². The highest BCUT2D eigenvalue weighted by atomic mass is 16.3. The third-order valence-corrected chi connectivity index (χ3v) is 2.74. The molecule has 0 saturated carbocycles.